The standard InChI is InChI=1S/C17H21N3S/c1-12-6-7-13(2)15(11-12)18-17(21)20-10-9-19-8-4-5-16(19)14(20)3/h4-8,11,14H,9-10H2,1-3H3,(H,18,21)/t14-/m0/s1. The highest BCUT2D eigenvalue weighted by Gasteiger charge is 2.25. The summed E-state index contributed by atoms with van der Waals surface area (Å²) >= 11 is 5.64. The SMILES string of the molecule is Cc1ccc(C)c(NC(=S)N2CCn3cccc3[C@@H]2C)c1. The fourth-order valence-electron chi connectivity index (χ4n) is 2.91. The molecule has 2 heterocycles. The second-order valence-corrected chi connectivity index (χ2v) is 6.13. The van der Waals surface area contributed by atoms with Gasteiger partial charge in [-0.15, -0.1) is 0 Å². The topological polar surface area (TPSA) is 20.2 Å². The summed E-state index contributed by atoms with van der Waals surface area (Å²) < 4.78 is 2.31. The smallest absolute Gasteiger partial charge is 0.174 e. The van der Waals surface area contributed by atoms with Crippen molar-refractivity contribution in [3.63, 3.8) is 0 Å². The molecule has 21 heavy (non-hydrogen) atoms. The first-order valence-electron chi connectivity index (χ1n) is 7.36. The number of aryl methyl sites for hydroxylation is 2. The van der Waals surface area contributed by atoms with Gasteiger partial charge >= 0.3 is 0 Å². The molecule has 3 rings (SSSR count). The van der Waals surface area contributed by atoms with Crippen LogP contribution in [0.25, 0.3) is 0 Å². The van der Waals surface area contributed by atoms with Gasteiger partial charge in [-0.2, -0.15) is 0 Å². The molecule has 0 spiro atoms. The van der Waals surface area contributed by atoms with Gasteiger partial charge in [-0.05, 0) is 62.3 Å². The molecule has 0 aliphatic carbocycles. The molecule has 1 aliphatic rings. The maximum absolute atomic E-state index is 5.64. The molecule has 0 amide bonds. The van der Waals surface area contributed by atoms with E-state index in [9.17, 15) is 0 Å². The van der Waals surface area contributed by atoms with E-state index in [-0.39, 0.29) is 0 Å². The second kappa shape index (κ2) is 5.53. The lowest BCUT2D eigenvalue weighted by molar-refractivity contribution is 0.276. The van der Waals surface area contributed by atoms with E-state index < -0.39 is 0 Å². The third-order valence-electron chi connectivity index (χ3n) is 4.24. The zero-order valence-corrected chi connectivity index (χ0v) is 13.6. The number of anilines is 1. The van der Waals surface area contributed by atoms with Crippen molar-refractivity contribution in [3.05, 3.63) is 53.3 Å². The summed E-state index contributed by atoms with van der Waals surface area (Å²) in [6.45, 7) is 8.35. The number of hydrogen-bond acceptors (Lipinski definition) is 1. The Morgan fingerprint density at radius 1 is 1.24 bits per heavy atom. The largest absolute Gasteiger partial charge is 0.348 e. The summed E-state index contributed by atoms with van der Waals surface area (Å²) in [5.41, 5.74) is 4.89. The highest BCUT2D eigenvalue weighted by Crippen LogP contribution is 2.26. The van der Waals surface area contributed by atoms with Crippen molar-refractivity contribution >= 4 is 23.0 Å². The molecule has 0 fully saturated rings. The maximum atomic E-state index is 5.64. The third kappa shape index (κ3) is 2.68. The van der Waals surface area contributed by atoms with E-state index in [1.807, 2.05) is 0 Å². The zero-order valence-electron chi connectivity index (χ0n) is 12.8. The van der Waals surface area contributed by atoms with Crippen LogP contribution in [0, 0.1) is 13.8 Å². The van der Waals surface area contributed by atoms with Gasteiger partial charge in [0.2, 0.25) is 0 Å². The minimum Gasteiger partial charge on any atom is -0.348 e. The van der Waals surface area contributed by atoms with Crippen molar-refractivity contribution in [3.8, 4) is 0 Å². The number of aromatic nitrogens is 1. The lowest BCUT2D eigenvalue weighted by Gasteiger charge is -2.37. The summed E-state index contributed by atoms with van der Waals surface area (Å²) in [7, 11) is 0. The minimum atomic E-state index is 0.305. The average Bonchev–Trinajstić information content (AvgIpc) is 2.92. The second-order valence-electron chi connectivity index (χ2n) is 5.74. The molecule has 1 aromatic heterocycles. The molecule has 0 radical (unpaired) electrons. The van der Waals surface area contributed by atoms with Crippen LogP contribution < -0.4 is 5.32 Å². The molecule has 0 saturated carbocycles. The summed E-state index contributed by atoms with van der Waals surface area (Å²) in [6.07, 6.45) is 2.14. The van der Waals surface area contributed by atoms with Crippen LogP contribution in [0.4, 0.5) is 5.69 Å². The van der Waals surface area contributed by atoms with Gasteiger partial charge < -0.3 is 14.8 Å². The van der Waals surface area contributed by atoms with Crippen LogP contribution in [-0.2, 0) is 6.54 Å². The first-order valence-corrected chi connectivity index (χ1v) is 7.77. The normalized spacial score (nSPS) is 17.5. The Morgan fingerprint density at radius 3 is 2.86 bits per heavy atom. The summed E-state index contributed by atoms with van der Waals surface area (Å²) in [5, 5.41) is 4.23. The number of nitrogens with zero attached hydrogens (tertiary/aromatic N) is 2. The Hall–Kier alpha value is -1.81. The number of hydrogen-bond donors (Lipinski definition) is 1. The van der Waals surface area contributed by atoms with E-state index in [4.69, 9.17) is 12.2 Å². The van der Waals surface area contributed by atoms with Crippen LogP contribution in [0.2, 0.25) is 0 Å². The van der Waals surface area contributed by atoms with Crippen LogP contribution in [0.5, 0.6) is 0 Å². The molecule has 1 aliphatic heterocycles. The predicted molar refractivity (Wildman–Crippen MR) is 91.7 cm³/mol. The highest BCUT2D eigenvalue weighted by atomic mass is 32.1. The van der Waals surface area contributed by atoms with E-state index in [1.54, 1.807) is 0 Å². The molecule has 2 aromatic rings. The van der Waals surface area contributed by atoms with Gasteiger partial charge in [0.25, 0.3) is 0 Å². The van der Waals surface area contributed by atoms with Gasteiger partial charge in [0, 0.05) is 30.7 Å². The Balaban J connectivity index is 1.79. The molecule has 110 valence electrons. The fraction of sp³-hybridized carbons (Fsp3) is 0.353. The molecule has 4 heteroatoms. The number of fused-ring (bicyclic) bond motifs is 1. The van der Waals surface area contributed by atoms with E-state index in [0.717, 1.165) is 23.9 Å². The summed E-state index contributed by atoms with van der Waals surface area (Å²) in [4.78, 5) is 2.27. The Kier molecular flexibility index (Phi) is 3.72. The van der Waals surface area contributed by atoms with E-state index in [0.29, 0.717) is 6.04 Å². The third-order valence-corrected chi connectivity index (χ3v) is 4.57. The molecule has 0 saturated heterocycles. The predicted octanol–water partition coefficient (Wildman–Crippen LogP) is 3.88. The first-order chi connectivity index (χ1) is 10.1. The lowest BCUT2D eigenvalue weighted by Crippen LogP contribution is -2.42. The van der Waals surface area contributed by atoms with Crippen LogP contribution >= 0.6 is 12.2 Å². The van der Waals surface area contributed by atoms with E-state index >= 15 is 0 Å². The molecule has 0 bridgehead atoms. The number of nitrogens with one attached hydrogen (secondary N) is 1. The summed E-state index contributed by atoms with van der Waals surface area (Å²) in [5.74, 6) is 0. The highest BCUT2D eigenvalue weighted by molar-refractivity contribution is 7.80. The Labute approximate surface area is 131 Å². The monoisotopic (exact) mass is 299 g/mol. The molecule has 3 nitrogen and oxygen atoms in total. The molecule has 1 aromatic carbocycles. The van der Waals surface area contributed by atoms with Gasteiger partial charge in [0.15, 0.2) is 5.11 Å². The van der Waals surface area contributed by atoms with Gasteiger partial charge in [-0.1, -0.05) is 12.1 Å². The van der Waals surface area contributed by atoms with Crippen LogP contribution in [-0.4, -0.2) is 21.1 Å². The quantitative estimate of drug-likeness (QED) is 0.807. The van der Waals surface area contributed by atoms with E-state index in [1.165, 1.54) is 16.8 Å². The summed E-state index contributed by atoms with van der Waals surface area (Å²) in [6, 6.07) is 11.0. The minimum absolute atomic E-state index is 0.305. The first kappa shape index (κ1) is 14.1. The molecular weight excluding hydrogens is 278 g/mol. The van der Waals surface area contributed by atoms with Crippen molar-refractivity contribution in [1.82, 2.24) is 9.47 Å². The molecule has 0 unspecified atom stereocenters. The molecule has 1 N–H and O–H groups in total. The van der Waals surface area contributed by atoms with Crippen molar-refractivity contribution < 1.29 is 0 Å². The van der Waals surface area contributed by atoms with E-state index in [2.05, 4.69) is 72.1 Å². The fourth-order valence-corrected chi connectivity index (χ4v) is 3.27. The van der Waals surface area contributed by atoms with Crippen molar-refractivity contribution in [2.45, 2.75) is 33.4 Å². The van der Waals surface area contributed by atoms with Gasteiger partial charge in [-0.3, -0.25) is 0 Å². The van der Waals surface area contributed by atoms with Crippen LogP contribution in [0.1, 0.15) is 29.8 Å². The van der Waals surface area contributed by atoms with Crippen LogP contribution in [0.15, 0.2) is 36.5 Å². The Morgan fingerprint density at radius 2 is 2.05 bits per heavy atom. The average molecular weight is 299 g/mol. The lowest BCUT2D eigenvalue weighted by atomic mass is 10.1. The van der Waals surface area contributed by atoms with Crippen molar-refractivity contribution in [2.24, 2.45) is 0 Å². The number of thiocarbonyl (C=S) groups is 1. The maximum Gasteiger partial charge on any atom is 0.174 e. The van der Waals surface area contributed by atoms with Crippen molar-refractivity contribution in [2.75, 3.05) is 11.9 Å². The number of benzene rings is 1. The Bertz CT molecular complexity index is 674. The van der Waals surface area contributed by atoms with Gasteiger partial charge in [-0.25, -0.2) is 0 Å². The molecule has 1 atom stereocenters. The van der Waals surface area contributed by atoms with Crippen molar-refractivity contribution in [1.29, 1.82) is 0 Å². The van der Waals surface area contributed by atoms with Crippen LogP contribution in [0.3, 0.4) is 0 Å². The van der Waals surface area contributed by atoms with Gasteiger partial charge in [0.05, 0.1) is 6.04 Å². The van der Waals surface area contributed by atoms with Gasteiger partial charge in [0.1, 0.15) is 0 Å². The molecular formula is C17H21N3S. The zero-order chi connectivity index (χ0) is 15.0. The number of rotatable bonds is 1.